The normalized spacial score (nSPS) is 19.7. The van der Waals surface area contributed by atoms with Crippen molar-refractivity contribution in [3.05, 3.63) is 0 Å². The van der Waals surface area contributed by atoms with Gasteiger partial charge >= 0.3 is 6.03 Å². The van der Waals surface area contributed by atoms with Crippen molar-refractivity contribution < 1.29 is 9.90 Å². The number of aliphatic hydroxyl groups excluding tert-OH is 1. The van der Waals surface area contributed by atoms with Crippen molar-refractivity contribution in [3.8, 4) is 0 Å². The van der Waals surface area contributed by atoms with Gasteiger partial charge in [-0.15, -0.1) is 0 Å². The maximum absolute atomic E-state index is 11.7. The SMILES string of the molecule is CC(CCO)CNC(=O)NC(C)CN1CCCCC1. The van der Waals surface area contributed by atoms with Gasteiger partial charge in [-0.05, 0) is 45.2 Å². The maximum Gasteiger partial charge on any atom is 0.315 e. The molecule has 0 aromatic carbocycles. The molecule has 0 saturated carbocycles. The van der Waals surface area contributed by atoms with Crippen LogP contribution in [0.5, 0.6) is 0 Å². The molecule has 1 aliphatic heterocycles. The van der Waals surface area contributed by atoms with Gasteiger partial charge in [-0.3, -0.25) is 0 Å². The first-order chi connectivity index (χ1) is 9.11. The standard InChI is InChI=1S/C14H29N3O2/c1-12(6-9-18)10-15-14(19)16-13(2)11-17-7-4-3-5-8-17/h12-13,18H,3-11H2,1-2H3,(H2,15,16,19). The molecule has 2 atom stereocenters. The molecule has 1 aliphatic rings. The number of hydrogen-bond donors (Lipinski definition) is 3. The predicted octanol–water partition coefficient (Wildman–Crippen LogP) is 1.18. The summed E-state index contributed by atoms with van der Waals surface area (Å²) in [7, 11) is 0. The third kappa shape index (κ3) is 7.38. The Balaban J connectivity index is 2.12. The van der Waals surface area contributed by atoms with Crippen molar-refractivity contribution in [2.24, 2.45) is 5.92 Å². The molecule has 19 heavy (non-hydrogen) atoms. The quantitative estimate of drug-likeness (QED) is 0.651. The van der Waals surface area contributed by atoms with E-state index in [4.69, 9.17) is 5.11 Å². The van der Waals surface area contributed by atoms with Crippen LogP contribution in [0.25, 0.3) is 0 Å². The molecular formula is C14H29N3O2. The van der Waals surface area contributed by atoms with E-state index in [1.807, 2.05) is 13.8 Å². The van der Waals surface area contributed by atoms with Crippen molar-refractivity contribution in [3.63, 3.8) is 0 Å². The Labute approximate surface area is 116 Å². The molecule has 3 N–H and O–H groups in total. The Kier molecular flexibility index (Phi) is 7.82. The van der Waals surface area contributed by atoms with Crippen LogP contribution in [0.2, 0.25) is 0 Å². The van der Waals surface area contributed by atoms with E-state index in [1.54, 1.807) is 0 Å². The van der Waals surface area contributed by atoms with Gasteiger partial charge in [0, 0.05) is 25.7 Å². The van der Waals surface area contributed by atoms with Crippen molar-refractivity contribution in [1.29, 1.82) is 0 Å². The zero-order valence-electron chi connectivity index (χ0n) is 12.3. The number of hydrogen-bond acceptors (Lipinski definition) is 3. The molecule has 0 bridgehead atoms. The van der Waals surface area contributed by atoms with Crippen LogP contribution in [0, 0.1) is 5.92 Å². The number of piperidine rings is 1. The fraction of sp³-hybridized carbons (Fsp3) is 0.929. The molecule has 1 saturated heterocycles. The van der Waals surface area contributed by atoms with Crippen molar-refractivity contribution in [2.75, 3.05) is 32.8 Å². The number of likely N-dealkylation sites (tertiary alicyclic amines) is 1. The topological polar surface area (TPSA) is 64.6 Å². The predicted molar refractivity (Wildman–Crippen MR) is 77.2 cm³/mol. The highest BCUT2D eigenvalue weighted by atomic mass is 16.3. The first-order valence-electron chi connectivity index (χ1n) is 7.49. The number of carbonyl (C=O) groups is 1. The second-order valence-corrected chi connectivity index (χ2v) is 5.73. The number of rotatable bonds is 7. The van der Waals surface area contributed by atoms with Gasteiger partial charge in [-0.2, -0.15) is 0 Å². The minimum atomic E-state index is -0.103. The Morgan fingerprint density at radius 1 is 1.26 bits per heavy atom. The van der Waals surface area contributed by atoms with Gasteiger partial charge in [0.05, 0.1) is 0 Å². The van der Waals surface area contributed by atoms with E-state index >= 15 is 0 Å². The minimum Gasteiger partial charge on any atom is -0.396 e. The van der Waals surface area contributed by atoms with Crippen LogP contribution < -0.4 is 10.6 Å². The van der Waals surface area contributed by atoms with E-state index in [0.717, 1.165) is 26.1 Å². The summed E-state index contributed by atoms with van der Waals surface area (Å²) >= 11 is 0. The van der Waals surface area contributed by atoms with Crippen LogP contribution in [0.15, 0.2) is 0 Å². The van der Waals surface area contributed by atoms with Gasteiger partial charge in [-0.1, -0.05) is 13.3 Å². The summed E-state index contributed by atoms with van der Waals surface area (Å²) in [5, 5.41) is 14.6. The number of aliphatic hydroxyl groups is 1. The zero-order chi connectivity index (χ0) is 14.1. The molecule has 1 heterocycles. The summed E-state index contributed by atoms with van der Waals surface area (Å²) in [5.41, 5.74) is 0. The van der Waals surface area contributed by atoms with Gasteiger partial charge < -0.3 is 20.6 Å². The Bertz CT molecular complexity index is 255. The molecule has 0 aromatic rings. The summed E-state index contributed by atoms with van der Waals surface area (Å²) < 4.78 is 0. The summed E-state index contributed by atoms with van der Waals surface area (Å²) in [6.07, 6.45) is 4.61. The Morgan fingerprint density at radius 2 is 1.95 bits per heavy atom. The largest absolute Gasteiger partial charge is 0.396 e. The molecule has 0 aromatic heterocycles. The molecule has 112 valence electrons. The van der Waals surface area contributed by atoms with Gasteiger partial charge in [0.1, 0.15) is 0 Å². The molecule has 1 rings (SSSR count). The number of amides is 2. The Hall–Kier alpha value is -0.810. The average molecular weight is 271 g/mol. The van der Waals surface area contributed by atoms with Crippen LogP contribution >= 0.6 is 0 Å². The molecule has 1 fully saturated rings. The molecule has 2 amide bonds. The van der Waals surface area contributed by atoms with Crippen LogP contribution in [0.3, 0.4) is 0 Å². The van der Waals surface area contributed by atoms with Gasteiger partial charge in [0.15, 0.2) is 0 Å². The summed E-state index contributed by atoms with van der Waals surface area (Å²) in [4.78, 5) is 14.1. The third-order valence-corrected chi connectivity index (χ3v) is 3.59. The number of nitrogens with one attached hydrogen (secondary N) is 2. The fourth-order valence-electron chi connectivity index (χ4n) is 2.44. The summed E-state index contributed by atoms with van der Waals surface area (Å²) in [6, 6.07) is 0.0700. The van der Waals surface area contributed by atoms with Crippen LogP contribution in [-0.4, -0.2) is 54.9 Å². The van der Waals surface area contributed by atoms with E-state index in [2.05, 4.69) is 15.5 Å². The molecule has 5 nitrogen and oxygen atoms in total. The van der Waals surface area contributed by atoms with E-state index in [1.165, 1.54) is 19.3 Å². The smallest absolute Gasteiger partial charge is 0.315 e. The monoisotopic (exact) mass is 271 g/mol. The lowest BCUT2D eigenvalue weighted by molar-refractivity contribution is 0.201. The third-order valence-electron chi connectivity index (χ3n) is 3.59. The van der Waals surface area contributed by atoms with E-state index in [0.29, 0.717) is 12.5 Å². The van der Waals surface area contributed by atoms with E-state index in [-0.39, 0.29) is 18.7 Å². The lowest BCUT2D eigenvalue weighted by Gasteiger charge is -2.29. The van der Waals surface area contributed by atoms with Crippen LogP contribution in [-0.2, 0) is 0 Å². The van der Waals surface area contributed by atoms with Gasteiger partial charge in [0.25, 0.3) is 0 Å². The maximum atomic E-state index is 11.7. The fourth-order valence-corrected chi connectivity index (χ4v) is 2.44. The first-order valence-corrected chi connectivity index (χ1v) is 7.49. The highest BCUT2D eigenvalue weighted by molar-refractivity contribution is 5.74. The number of nitrogens with zero attached hydrogens (tertiary/aromatic N) is 1. The lowest BCUT2D eigenvalue weighted by Crippen LogP contribution is -2.47. The van der Waals surface area contributed by atoms with Crippen molar-refractivity contribution >= 4 is 6.03 Å². The first kappa shape index (κ1) is 16.2. The molecule has 0 spiro atoms. The summed E-state index contributed by atoms with van der Waals surface area (Å²) in [6.45, 7) is 8.10. The highest BCUT2D eigenvalue weighted by Crippen LogP contribution is 2.08. The molecule has 5 heteroatoms. The highest BCUT2D eigenvalue weighted by Gasteiger charge is 2.15. The number of carbonyl (C=O) groups excluding carboxylic acids is 1. The Morgan fingerprint density at radius 3 is 2.58 bits per heavy atom. The molecule has 0 radical (unpaired) electrons. The molecule has 2 unspecified atom stereocenters. The minimum absolute atomic E-state index is 0.103. The zero-order valence-corrected chi connectivity index (χ0v) is 12.3. The van der Waals surface area contributed by atoms with E-state index < -0.39 is 0 Å². The number of urea groups is 1. The average Bonchev–Trinajstić information content (AvgIpc) is 2.38. The molecule has 0 aliphatic carbocycles. The summed E-state index contributed by atoms with van der Waals surface area (Å²) in [5.74, 6) is 0.313. The van der Waals surface area contributed by atoms with Crippen molar-refractivity contribution in [1.82, 2.24) is 15.5 Å². The van der Waals surface area contributed by atoms with Gasteiger partial charge in [-0.25, -0.2) is 4.79 Å². The van der Waals surface area contributed by atoms with Gasteiger partial charge in [0.2, 0.25) is 0 Å². The van der Waals surface area contributed by atoms with Crippen molar-refractivity contribution in [2.45, 2.75) is 45.6 Å². The van der Waals surface area contributed by atoms with Crippen LogP contribution in [0.1, 0.15) is 39.5 Å². The second kappa shape index (κ2) is 9.15. The lowest BCUT2D eigenvalue weighted by atomic mass is 10.1. The van der Waals surface area contributed by atoms with E-state index in [9.17, 15) is 4.79 Å². The second-order valence-electron chi connectivity index (χ2n) is 5.73. The van der Waals surface area contributed by atoms with Crippen LogP contribution in [0.4, 0.5) is 4.79 Å². The molecular weight excluding hydrogens is 242 g/mol.